The quantitative estimate of drug-likeness (QED) is 0.798. The predicted molar refractivity (Wildman–Crippen MR) is 84.4 cm³/mol. The van der Waals surface area contributed by atoms with E-state index in [1.165, 1.54) is 25.7 Å². The summed E-state index contributed by atoms with van der Waals surface area (Å²) in [4.78, 5) is 0. The molecule has 2 rings (SSSR count). The van der Waals surface area contributed by atoms with Crippen molar-refractivity contribution in [1.82, 2.24) is 9.78 Å². The highest BCUT2D eigenvalue weighted by atomic mass is 16.5. The molecule has 120 valence electrons. The van der Waals surface area contributed by atoms with E-state index in [-0.39, 0.29) is 0 Å². The van der Waals surface area contributed by atoms with Gasteiger partial charge in [0.1, 0.15) is 0 Å². The molecule has 0 aliphatic heterocycles. The Morgan fingerprint density at radius 1 is 1.33 bits per heavy atom. The molecule has 1 N–H and O–H groups in total. The van der Waals surface area contributed by atoms with Crippen molar-refractivity contribution in [2.75, 3.05) is 6.61 Å². The second-order valence-electron chi connectivity index (χ2n) is 6.15. The van der Waals surface area contributed by atoms with Crippen molar-refractivity contribution in [1.29, 1.82) is 0 Å². The maximum absolute atomic E-state index is 10.6. The molecule has 1 aliphatic rings. The van der Waals surface area contributed by atoms with Crippen LogP contribution >= 0.6 is 0 Å². The highest BCUT2D eigenvalue weighted by molar-refractivity contribution is 5.04. The molecule has 1 aromatic heterocycles. The van der Waals surface area contributed by atoms with Gasteiger partial charge in [-0.05, 0) is 38.7 Å². The molecule has 0 saturated heterocycles. The fraction of sp³-hybridized carbons (Fsp3) is 0.824. The Labute approximate surface area is 128 Å². The molecule has 4 heteroatoms. The Morgan fingerprint density at radius 3 is 2.57 bits per heavy atom. The molecule has 1 aromatic rings. The summed E-state index contributed by atoms with van der Waals surface area (Å²) in [5.41, 5.74) is 0.534. The molecule has 21 heavy (non-hydrogen) atoms. The van der Waals surface area contributed by atoms with Crippen LogP contribution in [0.15, 0.2) is 12.3 Å². The lowest BCUT2D eigenvalue weighted by molar-refractivity contribution is -0.124. The fourth-order valence-corrected chi connectivity index (χ4v) is 3.55. The lowest BCUT2D eigenvalue weighted by Gasteiger charge is -2.36. The van der Waals surface area contributed by atoms with Crippen LogP contribution in [0.25, 0.3) is 0 Å². The van der Waals surface area contributed by atoms with Gasteiger partial charge in [0, 0.05) is 19.2 Å². The summed E-state index contributed by atoms with van der Waals surface area (Å²) in [6, 6.07) is 2.61. The van der Waals surface area contributed by atoms with Gasteiger partial charge in [0.15, 0.2) is 0 Å². The molecule has 0 radical (unpaired) electrons. The Bertz CT molecular complexity index is 420. The van der Waals surface area contributed by atoms with Gasteiger partial charge in [0.2, 0.25) is 0 Å². The van der Waals surface area contributed by atoms with Crippen molar-refractivity contribution >= 4 is 0 Å². The first kappa shape index (κ1) is 16.5. The molecule has 0 bridgehead atoms. The van der Waals surface area contributed by atoms with Crippen molar-refractivity contribution in [2.45, 2.75) is 83.5 Å². The number of rotatable bonds is 8. The van der Waals surface area contributed by atoms with Crippen LogP contribution in [-0.4, -0.2) is 33.2 Å². The van der Waals surface area contributed by atoms with Crippen LogP contribution in [0, 0.1) is 0 Å². The largest absolute Gasteiger partial charge is 0.390 e. The van der Waals surface area contributed by atoms with Crippen molar-refractivity contribution in [2.24, 2.45) is 0 Å². The van der Waals surface area contributed by atoms with Gasteiger partial charge in [-0.25, -0.2) is 0 Å². The number of hydrogen-bond acceptors (Lipinski definition) is 3. The number of aliphatic hydroxyl groups excluding tert-OH is 1. The monoisotopic (exact) mass is 294 g/mol. The average molecular weight is 294 g/mol. The maximum atomic E-state index is 10.6. The molecular weight excluding hydrogens is 264 g/mol. The number of aromatic nitrogens is 2. The molecule has 0 spiro atoms. The van der Waals surface area contributed by atoms with E-state index in [9.17, 15) is 5.11 Å². The average Bonchev–Trinajstić information content (AvgIpc) is 3.15. The van der Waals surface area contributed by atoms with E-state index in [1.807, 2.05) is 13.0 Å². The third kappa shape index (κ3) is 3.67. The van der Waals surface area contributed by atoms with Gasteiger partial charge < -0.3 is 9.84 Å². The molecule has 1 saturated carbocycles. The van der Waals surface area contributed by atoms with E-state index in [0.717, 1.165) is 18.5 Å². The molecule has 1 unspecified atom stereocenters. The van der Waals surface area contributed by atoms with E-state index in [1.54, 1.807) is 0 Å². The summed E-state index contributed by atoms with van der Waals surface area (Å²) < 4.78 is 7.98. The molecule has 1 fully saturated rings. The molecule has 0 amide bonds. The van der Waals surface area contributed by atoms with E-state index in [2.05, 4.69) is 29.8 Å². The predicted octanol–water partition coefficient (Wildman–Crippen LogP) is 3.50. The Hall–Kier alpha value is -0.870. The van der Waals surface area contributed by atoms with Gasteiger partial charge in [-0.15, -0.1) is 0 Å². The van der Waals surface area contributed by atoms with Crippen LogP contribution in [0.2, 0.25) is 0 Å². The second-order valence-corrected chi connectivity index (χ2v) is 6.15. The Kier molecular flexibility index (Phi) is 5.82. The number of aliphatic hydroxyl groups is 1. The van der Waals surface area contributed by atoms with Gasteiger partial charge in [0.25, 0.3) is 0 Å². The molecule has 4 nitrogen and oxygen atoms in total. The fourth-order valence-electron chi connectivity index (χ4n) is 3.55. The summed E-state index contributed by atoms with van der Waals surface area (Å²) in [5.74, 6) is 0. The van der Waals surface area contributed by atoms with Crippen LogP contribution in [0.3, 0.4) is 0 Å². The van der Waals surface area contributed by atoms with Crippen LogP contribution < -0.4 is 0 Å². The normalized spacial score (nSPS) is 18.3. The van der Waals surface area contributed by atoms with Crippen LogP contribution in [0.4, 0.5) is 0 Å². The molecule has 1 heterocycles. The lowest BCUT2D eigenvalue weighted by Crippen LogP contribution is -2.45. The molecule has 1 aliphatic carbocycles. The standard InChI is InChI=1S/C17H30N2O2/c1-4-17(5-2,21-6-3)16(20)13-14-11-12-19(18-14)15-9-7-8-10-15/h11-12,15-16,20H,4-10,13H2,1-3H3. The summed E-state index contributed by atoms with van der Waals surface area (Å²) in [7, 11) is 0. The number of hydrogen-bond donors (Lipinski definition) is 1. The van der Waals surface area contributed by atoms with Crippen molar-refractivity contribution in [3.05, 3.63) is 18.0 Å². The number of ether oxygens (including phenoxy) is 1. The van der Waals surface area contributed by atoms with E-state index < -0.39 is 11.7 Å². The zero-order valence-corrected chi connectivity index (χ0v) is 13.7. The maximum Gasteiger partial charge on any atom is 0.0938 e. The molecular formula is C17H30N2O2. The second kappa shape index (κ2) is 7.41. The smallest absolute Gasteiger partial charge is 0.0938 e. The first-order valence-corrected chi connectivity index (χ1v) is 8.51. The zero-order chi connectivity index (χ0) is 15.3. The van der Waals surface area contributed by atoms with Gasteiger partial charge in [-0.2, -0.15) is 5.10 Å². The number of nitrogens with zero attached hydrogens (tertiary/aromatic N) is 2. The van der Waals surface area contributed by atoms with Gasteiger partial charge in [-0.3, -0.25) is 4.68 Å². The van der Waals surface area contributed by atoms with Crippen LogP contribution in [0.1, 0.15) is 71.0 Å². The minimum atomic E-state index is -0.501. The zero-order valence-electron chi connectivity index (χ0n) is 13.7. The third-order valence-corrected chi connectivity index (χ3v) is 5.00. The summed E-state index contributed by atoms with van der Waals surface area (Å²) in [6.45, 7) is 6.79. The summed E-state index contributed by atoms with van der Waals surface area (Å²) >= 11 is 0. The minimum Gasteiger partial charge on any atom is -0.390 e. The van der Waals surface area contributed by atoms with Gasteiger partial charge in [-0.1, -0.05) is 26.7 Å². The highest BCUT2D eigenvalue weighted by Gasteiger charge is 2.35. The SMILES string of the molecule is CCOC(CC)(CC)C(O)Cc1ccn(C2CCCC2)n1. The van der Waals surface area contributed by atoms with Crippen LogP contribution in [0.5, 0.6) is 0 Å². The van der Waals surface area contributed by atoms with E-state index in [0.29, 0.717) is 19.1 Å². The van der Waals surface area contributed by atoms with Gasteiger partial charge >= 0.3 is 0 Å². The van der Waals surface area contributed by atoms with Crippen molar-refractivity contribution in [3.8, 4) is 0 Å². The van der Waals surface area contributed by atoms with Crippen molar-refractivity contribution < 1.29 is 9.84 Å². The van der Waals surface area contributed by atoms with E-state index >= 15 is 0 Å². The molecule has 1 atom stereocenters. The topological polar surface area (TPSA) is 47.3 Å². The first-order valence-electron chi connectivity index (χ1n) is 8.51. The summed E-state index contributed by atoms with van der Waals surface area (Å²) in [6.07, 6.45) is 8.86. The molecule has 0 aromatic carbocycles. The highest BCUT2D eigenvalue weighted by Crippen LogP contribution is 2.30. The van der Waals surface area contributed by atoms with Gasteiger partial charge in [0.05, 0.1) is 23.4 Å². The summed E-state index contributed by atoms with van der Waals surface area (Å²) in [5, 5.41) is 15.3. The Morgan fingerprint density at radius 2 is 2.00 bits per heavy atom. The minimum absolute atomic E-state index is 0.439. The van der Waals surface area contributed by atoms with Crippen LogP contribution in [-0.2, 0) is 11.2 Å². The first-order chi connectivity index (χ1) is 10.1. The van der Waals surface area contributed by atoms with Crippen molar-refractivity contribution in [3.63, 3.8) is 0 Å². The third-order valence-electron chi connectivity index (χ3n) is 5.00. The Balaban J connectivity index is 2.02. The lowest BCUT2D eigenvalue weighted by atomic mass is 9.87. The van der Waals surface area contributed by atoms with E-state index in [4.69, 9.17) is 4.74 Å².